The van der Waals surface area contributed by atoms with Gasteiger partial charge in [0, 0.05) is 11.3 Å². The molecule has 3 heteroatoms. The Balaban J connectivity index is 2.77. The van der Waals surface area contributed by atoms with Crippen molar-refractivity contribution < 1.29 is 0 Å². The van der Waals surface area contributed by atoms with E-state index in [0.717, 1.165) is 19.3 Å². The van der Waals surface area contributed by atoms with Gasteiger partial charge >= 0.3 is 0 Å². The van der Waals surface area contributed by atoms with Crippen molar-refractivity contribution >= 4 is 11.3 Å². The molecule has 0 aromatic carbocycles. The number of aryl methyl sites for hydroxylation is 2. The van der Waals surface area contributed by atoms with Gasteiger partial charge in [0.25, 0.3) is 0 Å². The molecule has 1 aromatic rings. The van der Waals surface area contributed by atoms with Crippen LogP contribution in [0, 0.1) is 0 Å². The molecule has 1 aromatic heterocycles. The highest BCUT2D eigenvalue weighted by molar-refractivity contribution is 7.11. The van der Waals surface area contributed by atoms with E-state index >= 15 is 0 Å². The lowest BCUT2D eigenvalue weighted by molar-refractivity contribution is 0.856. The van der Waals surface area contributed by atoms with Crippen molar-refractivity contribution in [3.8, 4) is 0 Å². The fourth-order valence-corrected chi connectivity index (χ4v) is 2.45. The Kier molecular flexibility index (Phi) is 4.39. The summed E-state index contributed by atoms with van der Waals surface area (Å²) in [5.41, 5.74) is 6.81. The summed E-state index contributed by atoms with van der Waals surface area (Å²) in [6, 6.07) is 0. The maximum atomic E-state index is 5.50. The van der Waals surface area contributed by atoms with Gasteiger partial charge in [0.2, 0.25) is 0 Å². The van der Waals surface area contributed by atoms with Gasteiger partial charge in [-0.2, -0.15) is 0 Å². The van der Waals surface area contributed by atoms with Gasteiger partial charge in [-0.25, -0.2) is 4.98 Å². The number of aromatic nitrogens is 1. The second-order valence-electron chi connectivity index (χ2n) is 3.12. The highest BCUT2D eigenvalue weighted by Crippen LogP contribution is 2.20. The lowest BCUT2D eigenvalue weighted by Gasteiger charge is -1.94. The fourth-order valence-electron chi connectivity index (χ4n) is 1.38. The summed E-state index contributed by atoms with van der Waals surface area (Å²) in [4.78, 5) is 6.05. The maximum absolute atomic E-state index is 5.50. The highest BCUT2D eigenvalue weighted by atomic mass is 32.1. The summed E-state index contributed by atoms with van der Waals surface area (Å²) in [6.07, 6.45) is 4.34. The van der Waals surface area contributed by atoms with Crippen molar-refractivity contribution in [1.29, 1.82) is 0 Å². The van der Waals surface area contributed by atoms with Gasteiger partial charge < -0.3 is 5.73 Å². The van der Waals surface area contributed by atoms with Gasteiger partial charge in [0.15, 0.2) is 0 Å². The average molecular weight is 198 g/mol. The molecular weight excluding hydrogens is 180 g/mol. The number of nitrogens with two attached hydrogens (primary N) is 1. The Morgan fingerprint density at radius 3 is 2.62 bits per heavy atom. The van der Waals surface area contributed by atoms with Crippen LogP contribution in [-0.4, -0.2) is 11.5 Å². The van der Waals surface area contributed by atoms with E-state index in [1.54, 1.807) is 0 Å². The van der Waals surface area contributed by atoms with E-state index in [1.165, 1.54) is 22.0 Å². The topological polar surface area (TPSA) is 38.9 Å². The van der Waals surface area contributed by atoms with Gasteiger partial charge in [-0.3, -0.25) is 0 Å². The lowest BCUT2D eigenvalue weighted by atomic mass is 10.2. The van der Waals surface area contributed by atoms with Crippen LogP contribution >= 0.6 is 11.3 Å². The van der Waals surface area contributed by atoms with Crippen LogP contribution < -0.4 is 5.73 Å². The molecule has 0 fully saturated rings. The molecule has 0 atom stereocenters. The van der Waals surface area contributed by atoms with E-state index in [-0.39, 0.29) is 0 Å². The Labute approximate surface area is 84.2 Å². The van der Waals surface area contributed by atoms with Crippen molar-refractivity contribution in [2.24, 2.45) is 5.73 Å². The van der Waals surface area contributed by atoms with Crippen LogP contribution in [0.2, 0.25) is 0 Å². The molecule has 0 saturated carbocycles. The number of hydrogen-bond acceptors (Lipinski definition) is 3. The Morgan fingerprint density at radius 1 is 1.31 bits per heavy atom. The first-order chi connectivity index (χ1) is 6.31. The molecule has 0 aliphatic carbocycles. The van der Waals surface area contributed by atoms with Gasteiger partial charge in [-0.15, -0.1) is 11.3 Å². The van der Waals surface area contributed by atoms with Gasteiger partial charge in [-0.05, 0) is 19.4 Å². The molecule has 13 heavy (non-hydrogen) atoms. The van der Waals surface area contributed by atoms with E-state index in [9.17, 15) is 0 Å². The van der Waals surface area contributed by atoms with Crippen LogP contribution in [-0.2, 0) is 19.3 Å². The molecule has 2 N–H and O–H groups in total. The molecule has 1 rings (SSSR count). The van der Waals surface area contributed by atoms with Crippen molar-refractivity contribution in [3.05, 3.63) is 15.6 Å². The minimum absolute atomic E-state index is 0.711. The van der Waals surface area contributed by atoms with Crippen LogP contribution in [0.1, 0.15) is 35.8 Å². The predicted molar refractivity (Wildman–Crippen MR) is 58.2 cm³/mol. The van der Waals surface area contributed by atoms with E-state index in [2.05, 4.69) is 18.8 Å². The molecule has 0 radical (unpaired) electrons. The summed E-state index contributed by atoms with van der Waals surface area (Å²) in [5, 5.41) is 1.21. The zero-order valence-corrected chi connectivity index (χ0v) is 9.28. The number of nitrogens with zero attached hydrogens (tertiary/aromatic N) is 1. The third kappa shape index (κ3) is 2.78. The van der Waals surface area contributed by atoms with Gasteiger partial charge in [-0.1, -0.05) is 20.3 Å². The van der Waals surface area contributed by atoms with E-state index in [0.29, 0.717) is 6.54 Å². The smallest absolute Gasteiger partial charge is 0.0943 e. The monoisotopic (exact) mass is 198 g/mol. The van der Waals surface area contributed by atoms with Crippen LogP contribution in [0.4, 0.5) is 0 Å². The lowest BCUT2D eigenvalue weighted by Crippen LogP contribution is -2.02. The van der Waals surface area contributed by atoms with Crippen molar-refractivity contribution in [1.82, 2.24) is 4.98 Å². The first-order valence-corrected chi connectivity index (χ1v) is 5.81. The Hall–Kier alpha value is -0.410. The van der Waals surface area contributed by atoms with Crippen LogP contribution in [0.5, 0.6) is 0 Å². The summed E-state index contributed by atoms with van der Waals surface area (Å²) < 4.78 is 0. The largest absolute Gasteiger partial charge is 0.330 e. The molecular formula is C10H18N2S. The minimum Gasteiger partial charge on any atom is -0.330 e. The Bertz CT molecular complexity index is 255. The molecule has 0 spiro atoms. The molecule has 0 bridgehead atoms. The Morgan fingerprint density at radius 2 is 2.08 bits per heavy atom. The number of hydrogen-bond donors (Lipinski definition) is 1. The maximum Gasteiger partial charge on any atom is 0.0943 e. The van der Waals surface area contributed by atoms with Crippen molar-refractivity contribution in [3.63, 3.8) is 0 Å². The normalized spacial score (nSPS) is 10.7. The first-order valence-electron chi connectivity index (χ1n) is 4.99. The SMILES string of the molecule is CCCc1nc(CCN)sc1CC. The summed E-state index contributed by atoms with van der Waals surface area (Å²) in [6.45, 7) is 5.10. The minimum atomic E-state index is 0.711. The first kappa shape index (κ1) is 10.7. The quantitative estimate of drug-likeness (QED) is 0.787. The molecule has 2 nitrogen and oxygen atoms in total. The third-order valence-corrected chi connectivity index (χ3v) is 3.29. The van der Waals surface area contributed by atoms with E-state index in [1.807, 2.05) is 11.3 Å². The van der Waals surface area contributed by atoms with Crippen molar-refractivity contribution in [2.45, 2.75) is 39.5 Å². The van der Waals surface area contributed by atoms with Gasteiger partial charge in [0.1, 0.15) is 0 Å². The van der Waals surface area contributed by atoms with E-state index < -0.39 is 0 Å². The molecule has 74 valence electrons. The second kappa shape index (κ2) is 5.35. The standard InChI is InChI=1S/C10H18N2S/c1-3-5-8-9(4-2)13-10(12-8)6-7-11/h3-7,11H2,1-2H3. The molecule has 0 saturated heterocycles. The second-order valence-corrected chi connectivity index (χ2v) is 4.29. The van der Waals surface area contributed by atoms with Crippen LogP contribution in [0.25, 0.3) is 0 Å². The predicted octanol–water partition coefficient (Wildman–Crippen LogP) is 2.16. The summed E-state index contributed by atoms with van der Waals surface area (Å²) in [5.74, 6) is 0. The molecule has 0 aliphatic rings. The molecule has 0 unspecified atom stereocenters. The number of thiazole rings is 1. The zero-order valence-electron chi connectivity index (χ0n) is 8.47. The summed E-state index contributed by atoms with van der Waals surface area (Å²) >= 11 is 1.83. The highest BCUT2D eigenvalue weighted by Gasteiger charge is 2.07. The molecule has 0 aliphatic heterocycles. The van der Waals surface area contributed by atoms with Gasteiger partial charge in [0.05, 0.1) is 10.7 Å². The van der Waals surface area contributed by atoms with Crippen molar-refractivity contribution in [2.75, 3.05) is 6.54 Å². The molecule has 1 heterocycles. The average Bonchev–Trinajstić information content (AvgIpc) is 2.49. The van der Waals surface area contributed by atoms with Crippen LogP contribution in [0.3, 0.4) is 0 Å². The third-order valence-electron chi connectivity index (χ3n) is 1.99. The van der Waals surface area contributed by atoms with Crippen LogP contribution in [0.15, 0.2) is 0 Å². The summed E-state index contributed by atoms with van der Waals surface area (Å²) in [7, 11) is 0. The molecule has 0 amide bonds. The van der Waals surface area contributed by atoms with E-state index in [4.69, 9.17) is 5.73 Å². The number of rotatable bonds is 5. The zero-order chi connectivity index (χ0) is 9.68. The fraction of sp³-hybridized carbons (Fsp3) is 0.700.